The topological polar surface area (TPSA) is 55.5 Å². The van der Waals surface area contributed by atoms with E-state index in [1.165, 1.54) is 12.1 Å². The Balaban J connectivity index is 0.00000361. The van der Waals surface area contributed by atoms with Crippen LogP contribution in [0.15, 0.2) is 18.2 Å². The van der Waals surface area contributed by atoms with Crippen molar-refractivity contribution in [3.05, 3.63) is 28.8 Å². The van der Waals surface area contributed by atoms with E-state index < -0.39 is 24.3 Å². The Labute approximate surface area is 126 Å². The molecule has 0 saturated heterocycles. The largest absolute Gasteiger partial charge is 0.573 e. The summed E-state index contributed by atoms with van der Waals surface area (Å²) in [5, 5.41) is 9.54. The highest BCUT2D eigenvalue weighted by Crippen LogP contribution is 2.32. The molecular formula is C12H16Cl2F3NO2. The second kappa shape index (κ2) is 7.93. The molecular weight excluding hydrogens is 318 g/mol. The zero-order valence-electron chi connectivity index (χ0n) is 10.7. The Morgan fingerprint density at radius 3 is 2.45 bits per heavy atom. The SMILES string of the molecule is CCC[C@H](O)[C@H](N)c1ccc(OC(F)(F)F)c(Cl)c1.Cl. The van der Waals surface area contributed by atoms with Crippen molar-refractivity contribution in [3.8, 4) is 5.75 Å². The molecule has 1 rings (SSSR count). The summed E-state index contributed by atoms with van der Waals surface area (Å²) in [6, 6.07) is 3.02. The van der Waals surface area contributed by atoms with Gasteiger partial charge in [0.05, 0.1) is 17.2 Å². The molecule has 0 aliphatic heterocycles. The van der Waals surface area contributed by atoms with E-state index in [0.717, 1.165) is 12.5 Å². The molecule has 3 N–H and O–H groups in total. The summed E-state index contributed by atoms with van der Waals surface area (Å²) in [4.78, 5) is 0. The number of aliphatic hydroxyl groups excluding tert-OH is 1. The van der Waals surface area contributed by atoms with Crippen LogP contribution < -0.4 is 10.5 Å². The summed E-state index contributed by atoms with van der Waals surface area (Å²) in [6.45, 7) is 1.89. The summed E-state index contributed by atoms with van der Waals surface area (Å²) < 4.78 is 39.9. The molecule has 0 fully saturated rings. The number of hydrogen-bond acceptors (Lipinski definition) is 3. The van der Waals surface area contributed by atoms with E-state index in [1.54, 1.807) is 0 Å². The number of aliphatic hydroxyl groups is 1. The molecule has 0 saturated carbocycles. The van der Waals surface area contributed by atoms with Crippen LogP contribution in [-0.4, -0.2) is 17.6 Å². The zero-order valence-corrected chi connectivity index (χ0v) is 12.2. The minimum absolute atomic E-state index is 0. The van der Waals surface area contributed by atoms with Crippen molar-refractivity contribution < 1.29 is 23.0 Å². The number of alkyl halides is 3. The predicted molar refractivity (Wildman–Crippen MR) is 73.2 cm³/mol. The van der Waals surface area contributed by atoms with Gasteiger partial charge in [-0.05, 0) is 24.1 Å². The average molecular weight is 334 g/mol. The molecule has 0 aliphatic carbocycles. The molecule has 0 bridgehead atoms. The normalized spacial score (nSPS) is 14.3. The molecule has 0 unspecified atom stereocenters. The summed E-state index contributed by atoms with van der Waals surface area (Å²) in [6.07, 6.45) is -4.32. The Kier molecular flexibility index (Phi) is 7.65. The zero-order chi connectivity index (χ0) is 14.6. The van der Waals surface area contributed by atoms with Crippen LogP contribution in [0.5, 0.6) is 5.75 Å². The average Bonchev–Trinajstić information content (AvgIpc) is 2.29. The van der Waals surface area contributed by atoms with Crippen molar-refractivity contribution in [3.63, 3.8) is 0 Å². The van der Waals surface area contributed by atoms with E-state index in [-0.39, 0.29) is 17.4 Å². The first-order valence-corrected chi connectivity index (χ1v) is 6.11. The van der Waals surface area contributed by atoms with E-state index in [1.807, 2.05) is 6.92 Å². The van der Waals surface area contributed by atoms with Crippen molar-refractivity contribution in [2.75, 3.05) is 0 Å². The fourth-order valence-electron chi connectivity index (χ4n) is 1.63. The summed E-state index contributed by atoms with van der Waals surface area (Å²) in [5.41, 5.74) is 6.26. The van der Waals surface area contributed by atoms with Gasteiger partial charge >= 0.3 is 6.36 Å². The number of benzene rings is 1. The second-order valence-corrected chi connectivity index (χ2v) is 4.53. The Morgan fingerprint density at radius 2 is 2.00 bits per heavy atom. The molecule has 0 aliphatic rings. The van der Waals surface area contributed by atoms with Crippen LogP contribution in [-0.2, 0) is 0 Å². The van der Waals surface area contributed by atoms with Crippen LogP contribution in [0.2, 0.25) is 5.02 Å². The lowest BCUT2D eigenvalue weighted by Gasteiger charge is -2.19. The fraction of sp³-hybridized carbons (Fsp3) is 0.500. The van der Waals surface area contributed by atoms with Gasteiger partial charge in [0.25, 0.3) is 0 Å². The molecule has 2 atom stereocenters. The summed E-state index contributed by atoms with van der Waals surface area (Å²) in [7, 11) is 0. The van der Waals surface area contributed by atoms with E-state index in [4.69, 9.17) is 17.3 Å². The lowest BCUT2D eigenvalue weighted by molar-refractivity contribution is -0.274. The first kappa shape index (κ1) is 19.3. The summed E-state index contributed by atoms with van der Waals surface area (Å²) >= 11 is 5.70. The molecule has 1 aromatic carbocycles. The van der Waals surface area contributed by atoms with Crippen molar-refractivity contribution in [2.24, 2.45) is 5.73 Å². The van der Waals surface area contributed by atoms with Crippen LogP contribution >= 0.6 is 24.0 Å². The third-order valence-electron chi connectivity index (χ3n) is 2.57. The molecule has 0 spiro atoms. The Morgan fingerprint density at radius 1 is 1.40 bits per heavy atom. The van der Waals surface area contributed by atoms with Gasteiger partial charge < -0.3 is 15.6 Å². The van der Waals surface area contributed by atoms with Gasteiger partial charge in [-0.25, -0.2) is 0 Å². The van der Waals surface area contributed by atoms with E-state index in [2.05, 4.69) is 4.74 Å². The van der Waals surface area contributed by atoms with Gasteiger partial charge in [-0.2, -0.15) is 0 Å². The van der Waals surface area contributed by atoms with Gasteiger partial charge in [-0.3, -0.25) is 0 Å². The van der Waals surface area contributed by atoms with Gasteiger partial charge in [-0.1, -0.05) is 31.0 Å². The molecule has 1 aromatic rings. The quantitative estimate of drug-likeness (QED) is 0.861. The maximum Gasteiger partial charge on any atom is 0.573 e. The second-order valence-electron chi connectivity index (χ2n) is 4.12. The third-order valence-corrected chi connectivity index (χ3v) is 2.86. The first-order valence-electron chi connectivity index (χ1n) is 5.73. The standard InChI is InChI=1S/C12H15ClF3NO2.ClH/c1-2-3-9(18)11(17)7-4-5-10(8(13)6-7)19-12(14,15)16;/h4-6,9,11,18H,2-3,17H2,1H3;1H/t9-,11+;/m0./s1. The molecule has 116 valence electrons. The van der Waals surface area contributed by atoms with Crippen LogP contribution in [0.4, 0.5) is 13.2 Å². The van der Waals surface area contributed by atoms with Crippen molar-refractivity contribution >= 4 is 24.0 Å². The number of rotatable bonds is 5. The van der Waals surface area contributed by atoms with E-state index in [0.29, 0.717) is 12.0 Å². The molecule has 0 aromatic heterocycles. The number of hydrogen-bond donors (Lipinski definition) is 2. The minimum atomic E-state index is -4.80. The van der Waals surface area contributed by atoms with Crippen molar-refractivity contribution in [2.45, 2.75) is 38.3 Å². The van der Waals surface area contributed by atoms with E-state index >= 15 is 0 Å². The van der Waals surface area contributed by atoms with Crippen LogP contribution in [0.3, 0.4) is 0 Å². The maximum atomic E-state index is 12.1. The van der Waals surface area contributed by atoms with Gasteiger partial charge in [0.15, 0.2) is 0 Å². The molecule has 3 nitrogen and oxygen atoms in total. The third kappa shape index (κ3) is 5.75. The smallest absolute Gasteiger partial charge is 0.404 e. The number of halogens is 5. The Hall–Kier alpha value is -0.690. The maximum absolute atomic E-state index is 12.1. The van der Waals surface area contributed by atoms with Gasteiger partial charge in [0, 0.05) is 0 Å². The predicted octanol–water partition coefficient (Wildman–Crippen LogP) is 3.82. The van der Waals surface area contributed by atoms with Crippen LogP contribution in [0.25, 0.3) is 0 Å². The summed E-state index contributed by atoms with van der Waals surface area (Å²) in [5.74, 6) is -0.491. The van der Waals surface area contributed by atoms with Gasteiger partial charge in [0.1, 0.15) is 5.75 Å². The van der Waals surface area contributed by atoms with Crippen LogP contribution in [0, 0.1) is 0 Å². The fourth-order valence-corrected chi connectivity index (χ4v) is 1.86. The molecule has 0 heterocycles. The van der Waals surface area contributed by atoms with Gasteiger partial charge in [-0.15, -0.1) is 25.6 Å². The van der Waals surface area contributed by atoms with Gasteiger partial charge in [0.2, 0.25) is 0 Å². The van der Waals surface area contributed by atoms with E-state index in [9.17, 15) is 18.3 Å². The Bertz CT molecular complexity index is 430. The number of ether oxygens (including phenoxy) is 1. The van der Waals surface area contributed by atoms with Crippen molar-refractivity contribution in [1.29, 1.82) is 0 Å². The molecule has 0 radical (unpaired) electrons. The van der Waals surface area contributed by atoms with Crippen LogP contribution in [0.1, 0.15) is 31.4 Å². The lowest BCUT2D eigenvalue weighted by atomic mass is 9.99. The van der Waals surface area contributed by atoms with Crippen molar-refractivity contribution in [1.82, 2.24) is 0 Å². The first-order chi connectivity index (χ1) is 8.74. The monoisotopic (exact) mass is 333 g/mol. The highest BCUT2D eigenvalue weighted by Gasteiger charge is 2.32. The lowest BCUT2D eigenvalue weighted by Crippen LogP contribution is -2.26. The molecule has 20 heavy (non-hydrogen) atoms. The number of nitrogens with two attached hydrogens (primary N) is 1. The minimum Gasteiger partial charge on any atom is -0.404 e. The molecule has 0 amide bonds. The molecule has 8 heteroatoms. The highest BCUT2D eigenvalue weighted by molar-refractivity contribution is 6.32. The highest BCUT2D eigenvalue weighted by atomic mass is 35.5.